The van der Waals surface area contributed by atoms with Gasteiger partial charge in [-0.1, -0.05) is 25.0 Å². The molecule has 162 valence electrons. The molecule has 2 atom stereocenters. The molecule has 2 aliphatic rings. The van der Waals surface area contributed by atoms with Crippen molar-refractivity contribution in [3.63, 3.8) is 0 Å². The number of halogens is 2. The van der Waals surface area contributed by atoms with E-state index in [0.29, 0.717) is 25.0 Å². The molecule has 0 aliphatic heterocycles. The van der Waals surface area contributed by atoms with Crippen LogP contribution in [0.1, 0.15) is 56.7 Å². The van der Waals surface area contributed by atoms with E-state index in [1.165, 1.54) is 18.2 Å². The number of hydrogen-bond acceptors (Lipinski definition) is 6. The van der Waals surface area contributed by atoms with Crippen molar-refractivity contribution in [2.75, 3.05) is 18.0 Å². The number of nitrogens with zero attached hydrogens (tertiary/aromatic N) is 5. The van der Waals surface area contributed by atoms with Crippen molar-refractivity contribution in [1.82, 2.24) is 20.4 Å². The van der Waals surface area contributed by atoms with Gasteiger partial charge in [-0.25, -0.2) is 8.78 Å². The molecule has 2 heterocycles. The Balaban J connectivity index is 1.60. The molecule has 1 fully saturated rings. The molecular formula is C23H25F2N5O. The number of anilines is 1. The summed E-state index contributed by atoms with van der Waals surface area (Å²) >= 11 is 0. The number of rotatable bonds is 5. The van der Waals surface area contributed by atoms with Crippen LogP contribution in [-0.4, -0.2) is 33.5 Å². The third-order valence-electron chi connectivity index (χ3n) is 7.46. The highest BCUT2D eigenvalue weighted by Crippen LogP contribution is 2.67. The lowest BCUT2D eigenvalue weighted by Gasteiger charge is -2.40. The highest BCUT2D eigenvalue weighted by molar-refractivity contribution is 5.63. The highest BCUT2D eigenvalue weighted by atomic mass is 19.1. The number of benzene rings is 1. The quantitative estimate of drug-likeness (QED) is 0.585. The zero-order valence-corrected chi connectivity index (χ0v) is 18.1. The zero-order valence-electron chi connectivity index (χ0n) is 18.1. The van der Waals surface area contributed by atoms with Gasteiger partial charge in [0.15, 0.2) is 0 Å². The molecule has 0 N–H and O–H groups in total. The Morgan fingerprint density at radius 1 is 1.13 bits per heavy atom. The van der Waals surface area contributed by atoms with E-state index in [1.807, 2.05) is 6.07 Å². The van der Waals surface area contributed by atoms with Crippen LogP contribution in [0, 0.1) is 24.0 Å². The largest absolute Gasteiger partial charge is 0.408 e. The topological polar surface area (TPSA) is 67.9 Å². The summed E-state index contributed by atoms with van der Waals surface area (Å²) in [5, 5.41) is 17.0. The van der Waals surface area contributed by atoms with Crippen LogP contribution in [0.5, 0.6) is 0 Å². The fourth-order valence-corrected chi connectivity index (χ4v) is 5.70. The van der Waals surface area contributed by atoms with Crippen LogP contribution in [-0.2, 0) is 5.41 Å². The van der Waals surface area contributed by atoms with Gasteiger partial charge in [0.25, 0.3) is 0 Å². The lowest BCUT2D eigenvalue weighted by molar-refractivity contribution is 0.207. The van der Waals surface area contributed by atoms with Gasteiger partial charge in [0.1, 0.15) is 11.6 Å². The Morgan fingerprint density at radius 3 is 2.52 bits per heavy atom. The van der Waals surface area contributed by atoms with Gasteiger partial charge in [0, 0.05) is 25.4 Å². The zero-order chi connectivity index (χ0) is 22.0. The molecule has 0 amide bonds. The maximum atomic E-state index is 14.4. The molecule has 1 aromatic carbocycles. The lowest BCUT2D eigenvalue weighted by Crippen LogP contribution is -2.46. The molecule has 6 nitrogen and oxygen atoms in total. The van der Waals surface area contributed by atoms with E-state index >= 15 is 0 Å². The van der Waals surface area contributed by atoms with Gasteiger partial charge in [-0.3, -0.25) is 0 Å². The number of hydrogen-bond donors (Lipinski definition) is 0. The number of likely N-dealkylation sites (N-methyl/N-ethyl adjacent to an activating group) is 1. The molecule has 1 saturated carbocycles. The van der Waals surface area contributed by atoms with E-state index in [2.05, 4.69) is 46.1 Å². The number of fused-ring (bicyclic) bond motifs is 5. The van der Waals surface area contributed by atoms with Crippen molar-refractivity contribution in [1.29, 1.82) is 0 Å². The number of aromatic nitrogens is 4. The summed E-state index contributed by atoms with van der Waals surface area (Å²) in [6, 6.07) is 6.19. The van der Waals surface area contributed by atoms with Gasteiger partial charge in [0.05, 0.1) is 17.0 Å². The maximum Gasteiger partial charge on any atom is 0.318 e. The van der Waals surface area contributed by atoms with Crippen molar-refractivity contribution in [3.8, 4) is 11.3 Å². The average molecular weight is 425 g/mol. The molecule has 0 unspecified atom stereocenters. The summed E-state index contributed by atoms with van der Waals surface area (Å²) in [6.07, 6.45) is 1.95. The molecule has 2 aromatic heterocycles. The van der Waals surface area contributed by atoms with Crippen LogP contribution in [0.15, 0.2) is 28.7 Å². The fraction of sp³-hybridized carbons (Fsp3) is 0.478. The minimum absolute atomic E-state index is 0.0983. The van der Waals surface area contributed by atoms with Gasteiger partial charge in [0.2, 0.25) is 5.89 Å². The van der Waals surface area contributed by atoms with E-state index in [1.54, 1.807) is 6.92 Å². The van der Waals surface area contributed by atoms with Crippen LogP contribution in [0.4, 0.5) is 14.8 Å². The molecule has 31 heavy (non-hydrogen) atoms. The van der Waals surface area contributed by atoms with Gasteiger partial charge >= 0.3 is 6.01 Å². The smallest absolute Gasteiger partial charge is 0.318 e. The van der Waals surface area contributed by atoms with Crippen molar-refractivity contribution >= 4 is 6.01 Å². The Hall–Kier alpha value is -2.90. The molecule has 8 heteroatoms. The van der Waals surface area contributed by atoms with E-state index in [-0.39, 0.29) is 28.0 Å². The molecule has 2 aliphatic carbocycles. The third-order valence-corrected chi connectivity index (χ3v) is 7.46. The minimum Gasteiger partial charge on any atom is -0.408 e. The van der Waals surface area contributed by atoms with Crippen molar-refractivity contribution < 1.29 is 13.2 Å². The van der Waals surface area contributed by atoms with E-state index in [9.17, 15) is 8.78 Å². The lowest BCUT2D eigenvalue weighted by atomic mass is 9.68. The van der Waals surface area contributed by atoms with Crippen molar-refractivity contribution in [2.45, 2.75) is 51.9 Å². The first kappa shape index (κ1) is 20.0. The summed E-state index contributed by atoms with van der Waals surface area (Å²) in [6.45, 7) is 9.72. The summed E-state index contributed by atoms with van der Waals surface area (Å²) in [5.74, 6) is -0.488. The van der Waals surface area contributed by atoms with Crippen LogP contribution in [0.3, 0.4) is 0 Å². The van der Waals surface area contributed by atoms with E-state index in [4.69, 9.17) is 4.42 Å². The second-order valence-electron chi connectivity index (χ2n) is 9.14. The molecular weight excluding hydrogens is 400 g/mol. The minimum atomic E-state index is -0.629. The first-order valence-corrected chi connectivity index (χ1v) is 10.7. The van der Waals surface area contributed by atoms with Gasteiger partial charge in [-0.2, -0.15) is 10.2 Å². The van der Waals surface area contributed by atoms with Crippen molar-refractivity contribution in [3.05, 3.63) is 53.0 Å². The second-order valence-corrected chi connectivity index (χ2v) is 9.14. The van der Waals surface area contributed by atoms with E-state index in [0.717, 1.165) is 24.1 Å². The van der Waals surface area contributed by atoms with Crippen LogP contribution in [0.2, 0.25) is 0 Å². The van der Waals surface area contributed by atoms with Crippen LogP contribution in [0.25, 0.3) is 11.3 Å². The summed E-state index contributed by atoms with van der Waals surface area (Å²) in [7, 11) is 0. The molecule has 0 spiro atoms. The standard InChI is InChI=1S/C23H25F2N5O/c1-5-30(21-29-26-13(2)31-21)12-23-10-9-15(22(23,3)4)14-11-18(27-28-20(14)23)19-16(24)7-6-8-17(19)25/h6-8,11,15H,5,9-10,12H2,1-4H3/t15-,23-/m0/s1. The molecule has 3 aromatic rings. The predicted molar refractivity (Wildman–Crippen MR) is 112 cm³/mol. The molecule has 5 rings (SSSR count). The van der Waals surface area contributed by atoms with Crippen LogP contribution < -0.4 is 4.90 Å². The van der Waals surface area contributed by atoms with Gasteiger partial charge < -0.3 is 9.32 Å². The Labute approximate surface area is 179 Å². The van der Waals surface area contributed by atoms with Gasteiger partial charge in [-0.05, 0) is 54.9 Å². The summed E-state index contributed by atoms with van der Waals surface area (Å²) in [5.41, 5.74) is 1.73. The summed E-state index contributed by atoms with van der Waals surface area (Å²) < 4.78 is 34.4. The van der Waals surface area contributed by atoms with E-state index < -0.39 is 11.6 Å². The predicted octanol–water partition coefficient (Wildman–Crippen LogP) is 4.79. The second kappa shape index (κ2) is 6.80. The summed E-state index contributed by atoms with van der Waals surface area (Å²) in [4.78, 5) is 2.09. The van der Waals surface area contributed by atoms with Gasteiger partial charge in [-0.15, -0.1) is 5.10 Å². The maximum absolute atomic E-state index is 14.4. The Morgan fingerprint density at radius 2 is 1.87 bits per heavy atom. The average Bonchev–Trinajstić information content (AvgIpc) is 3.32. The first-order valence-electron chi connectivity index (χ1n) is 10.7. The normalized spacial score (nSPS) is 23.2. The third kappa shape index (κ3) is 2.73. The molecule has 0 radical (unpaired) electrons. The highest BCUT2D eigenvalue weighted by Gasteiger charge is 2.64. The van der Waals surface area contributed by atoms with Crippen molar-refractivity contribution in [2.24, 2.45) is 5.41 Å². The molecule has 0 saturated heterocycles. The monoisotopic (exact) mass is 425 g/mol. The Bertz CT molecular complexity index is 1140. The SMILES string of the molecule is CCN(C[C@@]12CC[C@@H](c3cc(-c4c(F)cccc4F)nnc31)C2(C)C)c1nnc(C)o1. The fourth-order valence-electron chi connectivity index (χ4n) is 5.70. The first-order chi connectivity index (χ1) is 14.8. The number of aryl methyl sites for hydroxylation is 1. The Kier molecular flexibility index (Phi) is 4.39. The molecule has 2 bridgehead atoms. The van der Waals surface area contributed by atoms with Crippen LogP contribution >= 0.6 is 0 Å².